The topological polar surface area (TPSA) is 75.4 Å². The highest BCUT2D eigenvalue weighted by atomic mass is 16.2. The Balaban J connectivity index is 1.98. The van der Waals surface area contributed by atoms with E-state index in [1.807, 2.05) is 30.3 Å². The van der Waals surface area contributed by atoms with E-state index in [1.54, 1.807) is 4.90 Å². The molecule has 2 amide bonds. The van der Waals surface area contributed by atoms with Crippen molar-refractivity contribution in [3.63, 3.8) is 0 Å². The molecule has 1 aromatic rings. The van der Waals surface area contributed by atoms with E-state index in [-0.39, 0.29) is 11.8 Å². The number of nitrogens with zero attached hydrogens (tertiary/aromatic N) is 1. The lowest BCUT2D eigenvalue weighted by Crippen LogP contribution is -2.52. The summed E-state index contributed by atoms with van der Waals surface area (Å²) in [7, 11) is 0. The highest BCUT2D eigenvalue weighted by molar-refractivity contribution is 5.99. The summed E-state index contributed by atoms with van der Waals surface area (Å²) in [5.74, 6) is -0.118. The van der Waals surface area contributed by atoms with Crippen molar-refractivity contribution >= 4 is 17.5 Å². The van der Waals surface area contributed by atoms with Gasteiger partial charge in [-0.2, -0.15) is 0 Å². The van der Waals surface area contributed by atoms with Gasteiger partial charge in [0.05, 0.1) is 0 Å². The van der Waals surface area contributed by atoms with Crippen molar-refractivity contribution in [1.82, 2.24) is 5.32 Å². The van der Waals surface area contributed by atoms with Gasteiger partial charge in [0.1, 0.15) is 6.04 Å². The molecule has 1 saturated heterocycles. The van der Waals surface area contributed by atoms with E-state index < -0.39 is 6.04 Å². The molecule has 1 atom stereocenters. The smallest absolute Gasteiger partial charge is 0.249 e. The van der Waals surface area contributed by atoms with Crippen LogP contribution in [0.5, 0.6) is 0 Å². The van der Waals surface area contributed by atoms with Gasteiger partial charge in [0, 0.05) is 18.7 Å². The number of rotatable bonds is 5. The summed E-state index contributed by atoms with van der Waals surface area (Å²) < 4.78 is 0. The number of hydrogen-bond acceptors (Lipinski definition) is 3. The molecule has 0 aromatic heterocycles. The van der Waals surface area contributed by atoms with Gasteiger partial charge in [-0.1, -0.05) is 18.2 Å². The second kappa shape index (κ2) is 7.05. The molecule has 1 aliphatic heterocycles. The highest BCUT2D eigenvalue weighted by Crippen LogP contribution is 2.20. The number of nitrogens with two attached hydrogens (primary N) is 1. The highest BCUT2D eigenvalue weighted by Gasteiger charge is 2.30. The number of carbonyl (C=O) groups excluding carboxylic acids is 2. The fraction of sp³-hybridized carbons (Fsp3) is 0.467. The van der Waals surface area contributed by atoms with E-state index in [4.69, 9.17) is 5.73 Å². The van der Waals surface area contributed by atoms with Crippen molar-refractivity contribution in [2.75, 3.05) is 18.0 Å². The summed E-state index contributed by atoms with van der Waals surface area (Å²) in [6, 6.07) is 9.16. The Morgan fingerprint density at radius 2 is 2.10 bits per heavy atom. The summed E-state index contributed by atoms with van der Waals surface area (Å²) in [5.41, 5.74) is 6.27. The second-order valence-electron chi connectivity index (χ2n) is 4.98. The molecule has 1 fully saturated rings. The first kappa shape index (κ1) is 14.5. The van der Waals surface area contributed by atoms with Crippen LogP contribution in [-0.4, -0.2) is 30.9 Å². The lowest BCUT2D eigenvalue weighted by atomic mass is 10.0. The van der Waals surface area contributed by atoms with Gasteiger partial charge in [0.15, 0.2) is 0 Å². The maximum Gasteiger partial charge on any atom is 0.249 e. The monoisotopic (exact) mass is 275 g/mol. The lowest BCUT2D eigenvalue weighted by molar-refractivity contribution is -0.128. The van der Waals surface area contributed by atoms with Crippen molar-refractivity contribution in [3.8, 4) is 0 Å². The number of para-hydroxylation sites is 1. The maximum atomic E-state index is 12.4. The number of piperidine rings is 1. The van der Waals surface area contributed by atoms with Gasteiger partial charge < -0.3 is 16.0 Å². The minimum Gasteiger partial charge on any atom is -0.344 e. The van der Waals surface area contributed by atoms with Crippen LogP contribution in [0.1, 0.15) is 25.7 Å². The zero-order valence-corrected chi connectivity index (χ0v) is 11.5. The first-order valence-corrected chi connectivity index (χ1v) is 7.08. The molecule has 1 heterocycles. The van der Waals surface area contributed by atoms with Crippen molar-refractivity contribution in [2.24, 2.45) is 5.73 Å². The molecule has 3 N–H and O–H groups in total. The SMILES string of the molecule is NCCCC(=O)NC1CCCN(c2ccccc2)C1=O. The molecule has 1 unspecified atom stereocenters. The van der Waals surface area contributed by atoms with Crippen LogP contribution in [0.2, 0.25) is 0 Å². The van der Waals surface area contributed by atoms with Crippen LogP contribution in [0.25, 0.3) is 0 Å². The summed E-state index contributed by atoms with van der Waals surface area (Å²) in [6.45, 7) is 1.19. The molecule has 0 radical (unpaired) electrons. The normalized spacial score (nSPS) is 18.9. The Morgan fingerprint density at radius 1 is 1.35 bits per heavy atom. The van der Waals surface area contributed by atoms with Gasteiger partial charge >= 0.3 is 0 Å². The van der Waals surface area contributed by atoms with Gasteiger partial charge in [-0.15, -0.1) is 0 Å². The van der Waals surface area contributed by atoms with Crippen molar-refractivity contribution in [2.45, 2.75) is 31.7 Å². The van der Waals surface area contributed by atoms with Crippen LogP contribution in [-0.2, 0) is 9.59 Å². The van der Waals surface area contributed by atoms with Crippen molar-refractivity contribution < 1.29 is 9.59 Å². The fourth-order valence-electron chi connectivity index (χ4n) is 2.40. The molecule has 1 aromatic carbocycles. The molecule has 20 heavy (non-hydrogen) atoms. The van der Waals surface area contributed by atoms with Crippen LogP contribution < -0.4 is 16.0 Å². The molecule has 1 aliphatic rings. The maximum absolute atomic E-state index is 12.4. The number of anilines is 1. The summed E-state index contributed by atoms with van der Waals surface area (Å²) in [6.07, 6.45) is 2.62. The molecule has 0 spiro atoms. The zero-order valence-electron chi connectivity index (χ0n) is 11.5. The third-order valence-corrected chi connectivity index (χ3v) is 3.45. The van der Waals surface area contributed by atoms with Crippen LogP contribution >= 0.6 is 0 Å². The number of nitrogens with one attached hydrogen (secondary N) is 1. The first-order chi connectivity index (χ1) is 9.72. The number of carbonyl (C=O) groups is 2. The number of hydrogen-bond donors (Lipinski definition) is 2. The zero-order chi connectivity index (χ0) is 14.4. The molecule has 0 saturated carbocycles. The molecule has 2 rings (SSSR count). The van der Waals surface area contributed by atoms with E-state index in [2.05, 4.69) is 5.32 Å². The molecule has 0 bridgehead atoms. The van der Waals surface area contributed by atoms with E-state index in [9.17, 15) is 9.59 Å². The van der Waals surface area contributed by atoms with Gasteiger partial charge in [0.25, 0.3) is 0 Å². The van der Waals surface area contributed by atoms with E-state index in [1.165, 1.54) is 0 Å². The molecule has 0 aliphatic carbocycles. The molecule has 5 heteroatoms. The molecular formula is C15H21N3O2. The van der Waals surface area contributed by atoms with Gasteiger partial charge in [0.2, 0.25) is 11.8 Å². The number of amides is 2. The van der Waals surface area contributed by atoms with E-state index in [0.29, 0.717) is 32.4 Å². The number of benzene rings is 1. The Labute approximate surface area is 119 Å². The van der Waals surface area contributed by atoms with Crippen LogP contribution in [0, 0.1) is 0 Å². The van der Waals surface area contributed by atoms with E-state index >= 15 is 0 Å². The molecule has 5 nitrogen and oxygen atoms in total. The van der Waals surface area contributed by atoms with Crippen LogP contribution in [0.15, 0.2) is 30.3 Å². The van der Waals surface area contributed by atoms with Gasteiger partial charge in [-0.05, 0) is 37.9 Å². The minimum absolute atomic E-state index is 0.0245. The second-order valence-corrected chi connectivity index (χ2v) is 4.98. The van der Waals surface area contributed by atoms with Crippen LogP contribution in [0.3, 0.4) is 0 Å². The summed E-state index contributed by atoms with van der Waals surface area (Å²) in [4.78, 5) is 25.9. The van der Waals surface area contributed by atoms with Crippen LogP contribution in [0.4, 0.5) is 5.69 Å². The van der Waals surface area contributed by atoms with Gasteiger partial charge in [-0.3, -0.25) is 9.59 Å². The Kier molecular flexibility index (Phi) is 5.12. The predicted molar refractivity (Wildman–Crippen MR) is 78.2 cm³/mol. The predicted octanol–water partition coefficient (Wildman–Crippen LogP) is 1.04. The first-order valence-electron chi connectivity index (χ1n) is 7.08. The largest absolute Gasteiger partial charge is 0.344 e. The Hall–Kier alpha value is -1.88. The minimum atomic E-state index is -0.408. The summed E-state index contributed by atoms with van der Waals surface area (Å²) >= 11 is 0. The van der Waals surface area contributed by atoms with E-state index in [0.717, 1.165) is 12.1 Å². The average Bonchev–Trinajstić information content (AvgIpc) is 2.48. The quantitative estimate of drug-likeness (QED) is 0.843. The third kappa shape index (κ3) is 3.57. The molecule has 108 valence electrons. The van der Waals surface area contributed by atoms with Crippen molar-refractivity contribution in [3.05, 3.63) is 30.3 Å². The molecular weight excluding hydrogens is 254 g/mol. The third-order valence-electron chi connectivity index (χ3n) is 3.45. The fourth-order valence-corrected chi connectivity index (χ4v) is 2.40. The standard InChI is InChI=1S/C15H21N3O2/c16-10-4-9-14(19)17-13-8-5-11-18(15(13)20)12-6-2-1-3-7-12/h1-3,6-7,13H,4-5,8-11,16H2,(H,17,19). The Bertz CT molecular complexity index is 461. The Morgan fingerprint density at radius 3 is 2.80 bits per heavy atom. The summed E-state index contributed by atoms with van der Waals surface area (Å²) in [5, 5.41) is 2.82. The lowest BCUT2D eigenvalue weighted by Gasteiger charge is -2.32. The van der Waals surface area contributed by atoms with Crippen molar-refractivity contribution in [1.29, 1.82) is 0 Å². The van der Waals surface area contributed by atoms with Gasteiger partial charge in [-0.25, -0.2) is 0 Å². The average molecular weight is 275 g/mol.